The van der Waals surface area contributed by atoms with Gasteiger partial charge in [0.2, 0.25) is 0 Å². The maximum atomic E-state index is 12.4. The predicted octanol–water partition coefficient (Wildman–Crippen LogP) is 4.56. The average molecular weight is 388 g/mol. The third-order valence-electron chi connectivity index (χ3n) is 3.10. The highest BCUT2D eigenvalue weighted by Crippen LogP contribution is 2.33. The van der Waals surface area contributed by atoms with Crippen LogP contribution in [0.4, 0.5) is 0 Å². The standard InChI is InChI=1S/C16H13Cl3N2O3/c17-12-7-14(19)15(8-13(12)18)24-10-16(22)21(5-2-4-20)9-11-3-1-6-23-11/h1,3,6-8H,2,5,9-10H2. The molecule has 0 unspecified atom stereocenters. The summed E-state index contributed by atoms with van der Waals surface area (Å²) in [5.41, 5.74) is 0. The van der Waals surface area contributed by atoms with E-state index in [4.69, 9.17) is 49.2 Å². The summed E-state index contributed by atoms with van der Waals surface area (Å²) in [5, 5.41) is 9.57. The summed E-state index contributed by atoms with van der Waals surface area (Å²) < 4.78 is 10.7. The van der Waals surface area contributed by atoms with Crippen molar-refractivity contribution >= 4 is 40.7 Å². The van der Waals surface area contributed by atoms with Crippen molar-refractivity contribution < 1.29 is 13.9 Å². The van der Waals surface area contributed by atoms with E-state index in [1.807, 2.05) is 6.07 Å². The zero-order valence-corrected chi connectivity index (χ0v) is 14.7. The van der Waals surface area contributed by atoms with Gasteiger partial charge in [-0.25, -0.2) is 0 Å². The third-order valence-corrected chi connectivity index (χ3v) is 4.12. The van der Waals surface area contributed by atoms with Crippen molar-refractivity contribution in [3.05, 3.63) is 51.4 Å². The SMILES string of the molecule is N#CCCN(Cc1ccco1)C(=O)COc1cc(Cl)c(Cl)cc1Cl. The van der Waals surface area contributed by atoms with Crippen LogP contribution in [0.5, 0.6) is 5.75 Å². The number of rotatable bonds is 7. The highest BCUT2D eigenvalue weighted by molar-refractivity contribution is 6.43. The van der Waals surface area contributed by atoms with Crippen molar-refractivity contribution in [1.29, 1.82) is 5.26 Å². The molecule has 0 atom stereocenters. The monoisotopic (exact) mass is 386 g/mol. The van der Waals surface area contributed by atoms with E-state index < -0.39 is 0 Å². The number of benzene rings is 1. The van der Waals surface area contributed by atoms with E-state index in [9.17, 15) is 4.79 Å². The van der Waals surface area contributed by atoms with Crippen LogP contribution in [0.1, 0.15) is 12.2 Å². The number of furan rings is 1. The number of halogens is 3. The molecule has 2 aromatic rings. The molecule has 0 radical (unpaired) electrons. The van der Waals surface area contributed by atoms with Crippen molar-refractivity contribution in [2.45, 2.75) is 13.0 Å². The topological polar surface area (TPSA) is 66.5 Å². The van der Waals surface area contributed by atoms with E-state index in [0.717, 1.165) is 0 Å². The summed E-state index contributed by atoms with van der Waals surface area (Å²) in [6.07, 6.45) is 1.73. The molecule has 1 aromatic carbocycles. The minimum Gasteiger partial charge on any atom is -0.482 e. The lowest BCUT2D eigenvalue weighted by Gasteiger charge is -2.20. The molecule has 1 amide bonds. The lowest BCUT2D eigenvalue weighted by molar-refractivity contribution is -0.134. The molecule has 126 valence electrons. The van der Waals surface area contributed by atoms with E-state index in [1.54, 1.807) is 12.1 Å². The van der Waals surface area contributed by atoms with Crippen LogP contribution in [0, 0.1) is 11.3 Å². The highest BCUT2D eigenvalue weighted by Gasteiger charge is 2.17. The summed E-state index contributed by atoms with van der Waals surface area (Å²) in [6.45, 7) is 0.282. The largest absolute Gasteiger partial charge is 0.482 e. The number of nitrogens with zero attached hydrogens (tertiary/aromatic N) is 2. The normalized spacial score (nSPS) is 10.2. The van der Waals surface area contributed by atoms with Crippen LogP contribution in [0.25, 0.3) is 0 Å². The average Bonchev–Trinajstić information content (AvgIpc) is 3.06. The summed E-state index contributed by atoms with van der Waals surface area (Å²) in [7, 11) is 0. The molecule has 8 heteroatoms. The molecule has 24 heavy (non-hydrogen) atoms. The van der Waals surface area contributed by atoms with Crippen molar-refractivity contribution in [1.82, 2.24) is 4.90 Å². The summed E-state index contributed by atoms with van der Waals surface area (Å²) in [5.74, 6) is 0.579. The Morgan fingerprint density at radius 2 is 2.00 bits per heavy atom. The Morgan fingerprint density at radius 1 is 1.25 bits per heavy atom. The van der Waals surface area contributed by atoms with Crippen LogP contribution >= 0.6 is 34.8 Å². The summed E-state index contributed by atoms with van der Waals surface area (Å²) in [4.78, 5) is 13.8. The molecular weight excluding hydrogens is 375 g/mol. The molecule has 0 aliphatic rings. The van der Waals surface area contributed by atoms with Gasteiger partial charge in [-0.05, 0) is 18.2 Å². The second kappa shape index (κ2) is 8.84. The maximum absolute atomic E-state index is 12.4. The second-order valence-corrected chi connectivity index (χ2v) is 6.01. The molecular formula is C16H13Cl3N2O3. The zero-order valence-electron chi connectivity index (χ0n) is 12.5. The number of nitriles is 1. The molecule has 0 spiro atoms. The Labute approximate surface area is 154 Å². The van der Waals surface area contributed by atoms with Gasteiger partial charge < -0.3 is 14.1 Å². The molecule has 5 nitrogen and oxygen atoms in total. The van der Waals surface area contributed by atoms with Gasteiger partial charge in [-0.3, -0.25) is 4.79 Å². The van der Waals surface area contributed by atoms with Gasteiger partial charge in [0.15, 0.2) is 6.61 Å². The molecule has 0 aliphatic carbocycles. The first-order chi connectivity index (χ1) is 11.5. The van der Waals surface area contributed by atoms with Crippen molar-refractivity contribution in [2.75, 3.05) is 13.2 Å². The second-order valence-electron chi connectivity index (χ2n) is 4.79. The van der Waals surface area contributed by atoms with Gasteiger partial charge >= 0.3 is 0 Å². The first-order valence-corrected chi connectivity index (χ1v) is 8.09. The fourth-order valence-corrected chi connectivity index (χ4v) is 2.50. The Bertz CT molecular complexity index is 742. The van der Waals surface area contributed by atoms with Gasteiger partial charge in [0, 0.05) is 12.6 Å². The van der Waals surface area contributed by atoms with Crippen molar-refractivity contribution in [3.8, 4) is 11.8 Å². The Kier molecular flexibility index (Phi) is 6.80. The molecule has 1 aromatic heterocycles. The number of ether oxygens (including phenoxy) is 1. The maximum Gasteiger partial charge on any atom is 0.260 e. The lowest BCUT2D eigenvalue weighted by Crippen LogP contribution is -2.35. The molecule has 0 N–H and O–H groups in total. The predicted molar refractivity (Wildman–Crippen MR) is 91.3 cm³/mol. The van der Waals surface area contributed by atoms with Crippen LogP contribution in [-0.2, 0) is 11.3 Å². The summed E-state index contributed by atoms with van der Waals surface area (Å²) in [6, 6.07) is 8.39. The lowest BCUT2D eigenvalue weighted by atomic mass is 10.3. The van der Waals surface area contributed by atoms with Crippen LogP contribution in [0.2, 0.25) is 15.1 Å². The molecule has 0 aliphatic heterocycles. The highest BCUT2D eigenvalue weighted by atomic mass is 35.5. The number of carbonyl (C=O) groups excluding carboxylic acids is 1. The molecule has 1 heterocycles. The fraction of sp³-hybridized carbons (Fsp3) is 0.250. The van der Waals surface area contributed by atoms with Crippen molar-refractivity contribution in [3.63, 3.8) is 0 Å². The van der Waals surface area contributed by atoms with Gasteiger partial charge in [-0.1, -0.05) is 34.8 Å². The Hall–Kier alpha value is -1.87. The van der Waals surface area contributed by atoms with E-state index in [1.165, 1.54) is 23.3 Å². The number of hydrogen-bond donors (Lipinski definition) is 0. The van der Waals surface area contributed by atoms with Gasteiger partial charge in [0.1, 0.15) is 11.5 Å². The van der Waals surface area contributed by atoms with Crippen LogP contribution in [0.15, 0.2) is 34.9 Å². The Morgan fingerprint density at radius 3 is 2.67 bits per heavy atom. The van der Waals surface area contributed by atoms with Crippen LogP contribution < -0.4 is 4.74 Å². The van der Waals surface area contributed by atoms with Gasteiger partial charge in [0.05, 0.1) is 40.4 Å². The first-order valence-electron chi connectivity index (χ1n) is 6.95. The van der Waals surface area contributed by atoms with Crippen molar-refractivity contribution in [2.24, 2.45) is 0 Å². The molecule has 0 saturated heterocycles. The van der Waals surface area contributed by atoms with E-state index in [-0.39, 0.29) is 47.8 Å². The minimum atomic E-state index is -0.302. The zero-order chi connectivity index (χ0) is 17.5. The minimum absolute atomic E-state index is 0.208. The van der Waals surface area contributed by atoms with E-state index in [0.29, 0.717) is 10.8 Å². The van der Waals surface area contributed by atoms with Crippen LogP contribution in [0.3, 0.4) is 0 Å². The molecule has 0 saturated carbocycles. The van der Waals surface area contributed by atoms with E-state index in [2.05, 4.69) is 0 Å². The van der Waals surface area contributed by atoms with Gasteiger partial charge in [-0.15, -0.1) is 0 Å². The third kappa shape index (κ3) is 5.07. The summed E-state index contributed by atoms with van der Waals surface area (Å²) >= 11 is 17.8. The first kappa shape index (κ1) is 18.5. The molecule has 0 fully saturated rings. The van der Waals surface area contributed by atoms with Crippen LogP contribution in [-0.4, -0.2) is 24.0 Å². The Balaban J connectivity index is 2.02. The number of amides is 1. The number of hydrogen-bond acceptors (Lipinski definition) is 4. The molecule has 2 rings (SSSR count). The van der Waals surface area contributed by atoms with E-state index >= 15 is 0 Å². The fourth-order valence-electron chi connectivity index (χ4n) is 1.91. The van der Waals surface area contributed by atoms with Gasteiger partial charge in [-0.2, -0.15) is 5.26 Å². The quantitative estimate of drug-likeness (QED) is 0.653. The number of carbonyl (C=O) groups is 1. The molecule has 0 bridgehead atoms. The smallest absolute Gasteiger partial charge is 0.260 e. The van der Waals surface area contributed by atoms with Gasteiger partial charge in [0.25, 0.3) is 5.91 Å².